The molecule has 0 saturated heterocycles. The van der Waals surface area contributed by atoms with Gasteiger partial charge in [-0.1, -0.05) is 57.2 Å². The number of methoxy groups -OCH3 is 1. The Morgan fingerprint density at radius 3 is 2.45 bits per heavy atom. The highest BCUT2D eigenvalue weighted by atomic mass is 16.5. The van der Waals surface area contributed by atoms with Crippen molar-refractivity contribution < 1.29 is 28.7 Å². The van der Waals surface area contributed by atoms with Crippen LogP contribution in [0.5, 0.6) is 5.75 Å². The number of fused-ring (bicyclic) bond motifs is 1. The van der Waals surface area contributed by atoms with Crippen LogP contribution in [0.4, 0.5) is 0 Å². The number of carbonyl (C=O) groups excluding carboxylic acids is 4. The molecule has 4 atom stereocenters. The van der Waals surface area contributed by atoms with Crippen molar-refractivity contribution in [1.82, 2.24) is 25.8 Å². The molecule has 11 nitrogen and oxygen atoms in total. The standard InChI is InChI=1S/C36H49N5O6/c1-24(37-5)33(43)39-32(36(2,3)4)34(44)38-22-31(42)41-18-17-40(28-14-12-26-13-15-29(46-6)21-27(26)20-28)35(45)30(41)16-19-47-23-25-10-8-7-9-11-25/h7-11,13,15,17-18,21,24,28,30,32,37H,12,14,16,19-20,22-23H2,1-6H3,(H,38,44)(H,39,43)/t24-,28?,30-,32+/m0/s1. The Morgan fingerprint density at radius 1 is 1.02 bits per heavy atom. The lowest BCUT2D eigenvalue weighted by molar-refractivity contribution is -0.146. The molecule has 0 bridgehead atoms. The number of hydrogen-bond acceptors (Lipinski definition) is 7. The van der Waals surface area contributed by atoms with Crippen LogP contribution in [0, 0.1) is 5.41 Å². The zero-order valence-corrected chi connectivity index (χ0v) is 28.4. The number of amides is 4. The molecule has 4 amide bonds. The molecule has 0 spiro atoms. The van der Waals surface area contributed by atoms with Gasteiger partial charge in [-0.3, -0.25) is 19.2 Å². The van der Waals surface area contributed by atoms with E-state index in [2.05, 4.69) is 22.0 Å². The van der Waals surface area contributed by atoms with Crippen molar-refractivity contribution in [3.05, 3.63) is 77.6 Å². The van der Waals surface area contributed by atoms with Gasteiger partial charge >= 0.3 is 0 Å². The van der Waals surface area contributed by atoms with E-state index in [1.807, 2.05) is 63.2 Å². The van der Waals surface area contributed by atoms with Crippen LogP contribution in [0.3, 0.4) is 0 Å². The molecule has 11 heteroatoms. The van der Waals surface area contributed by atoms with Crippen LogP contribution in [0.15, 0.2) is 60.9 Å². The lowest BCUT2D eigenvalue weighted by Gasteiger charge is -2.41. The Bertz CT molecular complexity index is 1440. The Morgan fingerprint density at radius 2 is 1.77 bits per heavy atom. The average Bonchev–Trinajstić information content (AvgIpc) is 3.07. The third-order valence-corrected chi connectivity index (χ3v) is 8.86. The van der Waals surface area contributed by atoms with Gasteiger partial charge < -0.3 is 35.2 Å². The van der Waals surface area contributed by atoms with Crippen LogP contribution in [0.25, 0.3) is 0 Å². The first kappa shape index (κ1) is 35.6. The Kier molecular flexibility index (Phi) is 12.2. The van der Waals surface area contributed by atoms with Gasteiger partial charge in [0, 0.05) is 31.5 Å². The topological polar surface area (TPSA) is 129 Å². The summed E-state index contributed by atoms with van der Waals surface area (Å²) in [5.74, 6) is -0.639. The molecular formula is C36H49N5O6. The van der Waals surface area contributed by atoms with E-state index in [0.717, 1.165) is 29.7 Å². The predicted molar refractivity (Wildman–Crippen MR) is 179 cm³/mol. The Labute approximate surface area is 278 Å². The van der Waals surface area contributed by atoms with Crippen LogP contribution in [-0.4, -0.2) is 84.9 Å². The van der Waals surface area contributed by atoms with Gasteiger partial charge in [-0.2, -0.15) is 0 Å². The fourth-order valence-electron chi connectivity index (χ4n) is 5.90. The molecule has 1 heterocycles. The number of carbonyl (C=O) groups is 4. The van der Waals surface area contributed by atoms with Gasteiger partial charge in [-0.05, 0) is 67.5 Å². The third-order valence-electron chi connectivity index (χ3n) is 8.86. The Balaban J connectivity index is 1.47. The van der Waals surface area contributed by atoms with Crippen molar-refractivity contribution >= 4 is 23.6 Å². The monoisotopic (exact) mass is 647 g/mol. The molecule has 1 aliphatic heterocycles. The minimum absolute atomic E-state index is 0.0702. The molecule has 47 heavy (non-hydrogen) atoms. The second kappa shape index (κ2) is 16.1. The molecule has 0 aromatic heterocycles. The second-order valence-electron chi connectivity index (χ2n) is 13.3. The van der Waals surface area contributed by atoms with Gasteiger partial charge in [0.2, 0.25) is 23.6 Å². The minimum Gasteiger partial charge on any atom is -0.497 e. The summed E-state index contributed by atoms with van der Waals surface area (Å²) in [5.41, 5.74) is 2.80. The highest BCUT2D eigenvalue weighted by Crippen LogP contribution is 2.30. The normalized spacial score (nSPS) is 19.1. The van der Waals surface area contributed by atoms with Crippen molar-refractivity contribution in [2.24, 2.45) is 5.41 Å². The first-order valence-corrected chi connectivity index (χ1v) is 16.3. The lowest BCUT2D eigenvalue weighted by Crippen LogP contribution is -2.59. The lowest BCUT2D eigenvalue weighted by atomic mass is 9.86. The summed E-state index contributed by atoms with van der Waals surface area (Å²) in [7, 11) is 3.30. The molecule has 0 saturated carbocycles. The molecule has 1 unspecified atom stereocenters. The minimum atomic E-state index is -0.873. The second-order valence-corrected chi connectivity index (χ2v) is 13.3. The molecule has 1 aliphatic carbocycles. The number of hydrogen-bond donors (Lipinski definition) is 3. The largest absolute Gasteiger partial charge is 0.497 e. The number of rotatable bonds is 13. The molecule has 254 valence electrons. The number of benzene rings is 2. The van der Waals surface area contributed by atoms with Crippen molar-refractivity contribution in [3.8, 4) is 5.75 Å². The smallest absolute Gasteiger partial charge is 0.250 e. The van der Waals surface area contributed by atoms with Crippen molar-refractivity contribution in [3.63, 3.8) is 0 Å². The maximum Gasteiger partial charge on any atom is 0.250 e. The third kappa shape index (κ3) is 9.20. The van der Waals surface area contributed by atoms with Gasteiger partial charge in [-0.15, -0.1) is 0 Å². The molecular weight excluding hydrogens is 598 g/mol. The zero-order chi connectivity index (χ0) is 34.1. The summed E-state index contributed by atoms with van der Waals surface area (Å²) >= 11 is 0. The number of ether oxygens (including phenoxy) is 2. The summed E-state index contributed by atoms with van der Waals surface area (Å²) in [6.07, 6.45) is 5.90. The first-order valence-electron chi connectivity index (χ1n) is 16.3. The molecule has 3 N–H and O–H groups in total. The Hall–Kier alpha value is -4.22. The summed E-state index contributed by atoms with van der Waals surface area (Å²) in [4.78, 5) is 56.7. The highest BCUT2D eigenvalue weighted by Gasteiger charge is 2.39. The van der Waals surface area contributed by atoms with E-state index in [1.165, 1.54) is 10.5 Å². The van der Waals surface area contributed by atoms with Crippen LogP contribution < -0.4 is 20.7 Å². The summed E-state index contributed by atoms with van der Waals surface area (Å²) < 4.78 is 11.4. The van der Waals surface area contributed by atoms with E-state index in [9.17, 15) is 19.2 Å². The van der Waals surface area contributed by atoms with Gasteiger partial charge in [0.25, 0.3) is 0 Å². The summed E-state index contributed by atoms with van der Waals surface area (Å²) in [6, 6.07) is 13.6. The maximum absolute atomic E-state index is 14.1. The maximum atomic E-state index is 14.1. The fourth-order valence-corrected chi connectivity index (χ4v) is 5.90. The van der Waals surface area contributed by atoms with E-state index < -0.39 is 35.4 Å². The molecule has 0 fully saturated rings. The van der Waals surface area contributed by atoms with Crippen LogP contribution in [0.2, 0.25) is 0 Å². The van der Waals surface area contributed by atoms with E-state index in [4.69, 9.17) is 9.47 Å². The molecule has 2 aromatic rings. The van der Waals surface area contributed by atoms with Gasteiger partial charge in [-0.25, -0.2) is 0 Å². The first-order chi connectivity index (χ1) is 22.4. The zero-order valence-electron chi connectivity index (χ0n) is 28.4. The van der Waals surface area contributed by atoms with E-state index >= 15 is 0 Å². The van der Waals surface area contributed by atoms with E-state index in [0.29, 0.717) is 13.0 Å². The number of nitrogens with one attached hydrogen (secondary N) is 3. The van der Waals surface area contributed by atoms with Crippen molar-refractivity contribution in [2.45, 2.75) is 84.2 Å². The molecule has 4 rings (SSSR count). The van der Waals surface area contributed by atoms with Gasteiger partial charge in [0.15, 0.2) is 0 Å². The predicted octanol–water partition coefficient (Wildman–Crippen LogP) is 2.93. The number of nitrogens with zero attached hydrogens (tertiary/aromatic N) is 2. The van der Waals surface area contributed by atoms with E-state index in [1.54, 1.807) is 38.4 Å². The SMILES string of the molecule is CN[C@@H](C)C(=O)N[C@H](C(=O)NCC(=O)N1C=CN(C2CCc3ccc(OC)cc3C2)C(=O)[C@@H]1CCOCc1ccccc1)C(C)(C)C. The fraction of sp³-hybridized carbons (Fsp3) is 0.500. The average molecular weight is 648 g/mol. The van der Waals surface area contributed by atoms with Gasteiger partial charge in [0.1, 0.15) is 17.8 Å². The molecule has 0 radical (unpaired) electrons. The quantitative estimate of drug-likeness (QED) is 0.285. The van der Waals surface area contributed by atoms with Gasteiger partial charge in [0.05, 0.1) is 26.3 Å². The van der Waals surface area contributed by atoms with Crippen LogP contribution in [0.1, 0.15) is 57.2 Å². The van der Waals surface area contributed by atoms with Crippen LogP contribution in [-0.2, 0) is 43.4 Å². The van der Waals surface area contributed by atoms with Crippen LogP contribution >= 0.6 is 0 Å². The van der Waals surface area contributed by atoms with E-state index in [-0.39, 0.29) is 37.4 Å². The number of aryl methyl sites for hydroxylation is 1. The van der Waals surface area contributed by atoms with Crippen molar-refractivity contribution in [2.75, 3.05) is 27.3 Å². The molecule has 2 aliphatic rings. The summed E-state index contributed by atoms with van der Waals surface area (Å²) in [6.45, 7) is 7.54. The van der Waals surface area contributed by atoms with Crippen molar-refractivity contribution in [1.29, 1.82) is 0 Å². The molecule has 2 aromatic carbocycles. The summed E-state index contributed by atoms with van der Waals surface area (Å²) in [5, 5.41) is 8.36. The number of likely N-dealkylation sites (N-methyl/N-ethyl adjacent to an activating group) is 1. The highest BCUT2D eigenvalue weighted by molar-refractivity contribution is 5.94.